The molecule has 0 saturated heterocycles. The van der Waals surface area contributed by atoms with E-state index in [2.05, 4.69) is 15.9 Å². The summed E-state index contributed by atoms with van der Waals surface area (Å²) in [6.45, 7) is 0.227. The highest BCUT2D eigenvalue weighted by molar-refractivity contribution is 9.10. The van der Waals surface area contributed by atoms with Crippen LogP contribution >= 0.6 is 15.9 Å². The summed E-state index contributed by atoms with van der Waals surface area (Å²) in [7, 11) is -2.17. The molecular weight excluding hydrogens is 356 g/mol. The van der Waals surface area contributed by atoms with Crippen molar-refractivity contribution in [3.8, 4) is 5.75 Å². The fourth-order valence-electron chi connectivity index (χ4n) is 1.82. The Labute approximate surface area is 132 Å². The van der Waals surface area contributed by atoms with Crippen LogP contribution in [0.3, 0.4) is 0 Å². The van der Waals surface area contributed by atoms with E-state index >= 15 is 0 Å². The molecule has 0 heterocycles. The molecule has 0 spiro atoms. The number of nitrogens with two attached hydrogens (primary N) is 1. The molecule has 2 rings (SSSR count). The predicted molar refractivity (Wildman–Crippen MR) is 85.3 cm³/mol. The summed E-state index contributed by atoms with van der Waals surface area (Å²) >= 11 is 3.39. The van der Waals surface area contributed by atoms with Crippen LogP contribution in [0, 0.1) is 0 Å². The van der Waals surface area contributed by atoms with Crippen LogP contribution in [-0.4, -0.2) is 24.9 Å². The SMILES string of the molecule is CN(Cc1ccccc1Br)S(=O)(=O)c1ccc(O)c(N)c1. The number of benzene rings is 2. The highest BCUT2D eigenvalue weighted by Gasteiger charge is 2.22. The largest absolute Gasteiger partial charge is 0.506 e. The number of halogens is 1. The van der Waals surface area contributed by atoms with E-state index in [1.54, 1.807) is 0 Å². The number of sulfonamides is 1. The van der Waals surface area contributed by atoms with E-state index < -0.39 is 10.0 Å². The molecule has 0 radical (unpaired) electrons. The molecule has 0 amide bonds. The molecule has 0 aliphatic carbocycles. The van der Waals surface area contributed by atoms with Gasteiger partial charge in [0.25, 0.3) is 0 Å². The van der Waals surface area contributed by atoms with Gasteiger partial charge in [0, 0.05) is 18.1 Å². The van der Waals surface area contributed by atoms with Gasteiger partial charge in [0.1, 0.15) is 5.75 Å². The third-order valence-electron chi connectivity index (χ3n) is 3.06. The van der Waals surface area contributed by atoms with Gasteiger partial charge in [-0.25, -0.2) is 8.42 Å². The molecule has 2 aromatic carbocycles. The number of hydrogen-bond donors (Lipinski definition) is 2. The van der Waals surface area contributed by atoms with E-state index in [0.717, 1.165) is 10.0 Å². The van der Waals surface area contributed by atoms with Crippen molar-refractivity contribution in [3.05, 3.63) is 52.5 Å². The highest BCUT2D eigenvalue weighted by Crippen LogP contribution is 2.26. The fraction of sp³-hybridized carbons (Fsp3) is 0.143. The van der Waals surface area contributed by atoms with E-state index in [1.807, 2.05) is 24.3 Å². The first-order valence-electron chi connectivity index (χ1n) is 6.10. The lowest BCUT2D eigenvalue weighted by atomic mass is 10.2. The Hall–Kier alpha value is -1.57. The van der Waals surface area contributed by atoms with E-state index in [9.17, 15) is 13.5 Å². The maximum absolute atomic E-state index is 12.5. The van der Waals surface area contributed by atoms with Crippen molar-refractivity contribution in [1.82, 2.24) is 4.31 Å². The Balaban J connectivity index is 2.30. The Morgan fingerprint density at radius 2 is 1.90 bits per heavy atom. The predicted octanol–water partition coefficient (Wildman–Crippen LogP) is 2.56. The number of nitrogen functional groups attached to an aromatic ring is 1. The molecule has 0 aromatic heterocycles. The monoisotopic (exact) mass is 370 g/mol. The number of anilines is 1. The van der Waals surface area contributed by atoms with Crippen LogP contribution < -0.4 is 5.73 Å². The minimum Gasteiger partial charge on any atom is -0.506 e. The van der Waals surface area contributed by atoms with E-state index in [1.165, 1.54) is 29.6 Å². The Kier molecular flexibility index (Phi) is 4.55. The van der Waals surface area contributed by atoms with Crippen LogP contribution in [0.1, 0.15) is 5.56 Å². The second kappa shape index (κ2) is 6.05. The van der Waals surface area contributed by atoms with Crippen molar-refractivity contribution in [2.45, 2.75) is 11.4 Å². The standard InChI is InChI=1S/C14H15BrN2O3S/c1-17(9-10-4-2-3-5-12(10)15)21(19,20)11-6-7-14(18)13(16)8-11/h2-8,18H,9,16H2,1H3. The van der Waals surface area contributed by atoms with Crippen molar-refractivity contribution in [2.24, 2.45) is 0 Å². The van der Waals surface area contributed by atoms with Gasteiger partial charge in [-0.2, -0.15) is 4.31 Å². The van der Waals surface area contributed by atoms with Gasteiger partial charge in [0.05, 0.1) is 10.6 Å². The Morgan fingerprint density at radius 1 is 1.24 bits per heavy atom. The summed E-state index contributed by atoms with van der Waals surface area (Å²) in [6, 6.07) is 11.3. The lowest BCUT2D eigenvalue weighted by Gasteiger charge is -2.18. The number of hydrogen-bond acceptors (Lipinski definition) is 4. The minimum atomic E-state index is -3.67. The van der Waals surface area contributed by atoms with Crippen LogP contribution in [0.25, 0.3) is 0 Å². The van der Waals surface area contributed by atoms with Gasteiger partial charge in [0.15, 0.2) is 0 Å². The summed E-state index contributed by atoms with van der Waals surface area (Å²) in [5, 5.41) is 9.38. The van der Waals surface area contributed by atoms with Crippen molar-refractivity contribution in [2.75, 3.05) is 12.8 Å². The lowest BCUT2D eigenvalue weighted by molar-refractivity contribution is 0.464. The molecule has 0 saturated carbocycles. The van der Waals surface area contributed by atoms with Crippen LogP contribution in [0.4, 0.5) is 5.69 Å². The summed E-state index contributed by atoms with van der Waals surface area (Å²) in [5.74, 6) is -0.137. The Morgan fingerprint density at radius 3 is 2.52 bits per heavy atom. The lowest BCUT2D eigenvalue weighted by Crippen LogP contribution is -2.26. The van der Waals surface area contributed by atoms with Gasteiger partial charge in [-0.1, -0.05) is 34.1 Å². The zero-order valence-electron chi connectivity index (χ0n) is 11.3. The average molecular weight is 371 g/mol. The third-order valence-corrected chi connectivity index (χ3v) is 5.63. The van der Waals surface area contributed by atoms with Crippen molar-refractivity contribution < 1.29 is 13.5 Å². The van der Waals surface area contributed by atoms with Crippen molar-refractivity contribution >= 4 is 31.6 Å². The second-order valence-corrected chi connectivity index (χ2v) is 7.47. The first kappa shape index (κ1) is 15.8. The summed E-state index contributed by atoms with van der Waals surface area (Å²) < 4.78 is 27.0. The molecule has 0 aliphatic heterocycles. The molecule has 0 unspecified atom stereocenters. The third kappa shape index (κ3) is 3.37. The number of nitrogens with zero attached hydrogens (tertiary/aromatic N) is 1. The second-order valence-electron chi connectivity index (χ2n) is 4.57. The van der Waals surface area contributed by atoms with Gasteiger partial charge in [-0.15, -0.1) is 0 Å². The molecule has 7 heteroatoms. The van der Waals surface area contributed by atoms with Gasteiger partial charge in [-0.05, 0) is 29.8 Å². The normalized spacial score (nSPS) is 11.8. The number of aromatic hydroxyl groups is 1. The molecule has 2 aromatic rings. The number of phenols is 1. The maximum atomic E-state index is 12.5. The zero-order valence-corrected chi connectivity index (χ0v) is 13.7. The molecule has 21 heavy (non-hydrogen) atoms. The van der Waals surface area contributed by atoms with Gasteiger partial charge >= 0.3 is 0 Å². The molecule has 0 fully saturated rings. The first-order chi connectivity index (χ1) is 9.82. The van der Waals surface area contributed by atoms with Crippen LogP contribution in [0.15, 0.2) is 51.8 Å². The van der Waals surface area contributed by atoms with Gasteiger partial charge in [0.2, 0.25) is 10.0 Å². The van der Waals surface area contributed by atoms with Gasteiger partial charge < -0.3 is 10.8 Å². The van der Waals surface area contributed by atoms with Crippen LogP contribution in [-0.2, 0) is 16.6 Å². The average Bonchev–Trinajstić information content (AvgIpc) is 2.44. The molecule has 112 valence electrons. The number of phenolic OH excluding ortho intramolecular Hbond substituents is 1. The van der Waals surface area contributed by atoms with Crippen LogP contribution in [0.2, 0.25) is 0 Å². The molecular formula is C14H15BrN2O3S. The minimum absolute atomic E-state index is 0.0327. The Bertz CT molecular complexity index is 763. The van der Waals surface area contributed by atoms with E-state index in [-0.39, 0.29) is 22.9 Å². The molecule has 5 nitrogen and oxygen atoms in total. The zero-order chi connectivity index (χ0) is 15.6. The van der Waals surface area contributed by atoms with E-state index in [0.29, 0.717) is 0 Å². The topological polar surface area (TPSA) is 83.6 Å². The molecule has 0 bridgehead atoms. The van der Waals surface area contributed by atoms with Crippen molar-refractivity contribution in [1.29, 1.82) is 0 Å². The van der Waals surface area contributed by atoms with Crippen LogP contribution in [0.5, 0.6) is 5.75 Å². The summed E-state index contributed by atoms with van der Waals surface area (Å²) in [5.41, 5.74) is 6.44. The van der Waals surface area contributed by atoms with E-state index in [4.69, 9.17) is 5.73 Å². The van der Waals surface area contributed by atoms with Gasteiger partial charge in [-0.3, -0.25) is 0 Å². The molecule has 0 atom stereocenters. The first-order valence-corrected chi connectivity index (χ1v) is 8.34. The smallest absolute Gasteiger partial charge is 0.243 e. The maximum Gasteiger partial charge on any atom is 0.243 e. The number of rotatable bonds is 4. The van der Waals surface area contributed by atoms with Crippen molar-refractivity contribution in [3.63, 3.8) is 0 Å². The highest BCUT2D eigenvalue weighted by atomic mass is 79.9. The summed E-state index contributed by atoms with van der Waals surface area (Å²) in [4.78, 5) is 0.0485. The summed E-state index contributed by atoms with van der Waals surface area (Å²) in [6.07, 6.45) is 0. The molecule has 3 N–H and O–H groups in total. The quantitative estimate of drug-likeness (QED) is 0.639. The fourth-order valence-corrected chi connectivity index (χ4v) is 3.42. The molecule has 0 aliphatic rings.